The Morgan fingerprint density at radius 1 is 0.360 bits per heavy atom. The number of hydrogen-bond donors (Lipinski definition) is 0. The second kappa shape index (κ2) is 38.9. The first-order valence-electron chi connectivity index (χ1n) is 38.2. The van der Waals surface area contributed by atoms with Crippen LogP contribution in [-0.2, 0) is 58.5 Å². The third-order valence-electron chi connectivity index (χ3n) is 19.2. The van der Waals surface area contributed by atoms with Crippen molar-refractivity contribution in [1.29, 1.82) is 0 Å². The molecule has 8 heterocycles. The SMILES string of the molecule is CC(C)c1ccc(CC(=O)CSc2nnc(-c3cccnc3)n2C2CC2)cc1.CC(C)c1ccc(CC(=O)CSc2nnc(-c3ccncc3)n2C2CC2)cc1.CC(C)c1ccc(CC(=O)CSc2nnc(-c3cnn(C)c3)n2C2CC2)cc1.CCn1c(SCC(=O)Cc2ccc(C(C)C)cc2)nnc1-c1ccncc1. The number of rotatable bonds is 32. The molecule has 4 aromatic carbocycles. The molecule has 3 aliphatic rings. The number of benzene rings is 4. The van der Waals surface area contributed by atoms with Crippen molar-refractivity contribution in [2.75, 3.05) is 23.0 Å². The Labute approximate surface area is 667 Å². The van der Waals surface area contributed by atoms with Crippen LogP contribution in [0.15, 0.2) is 204 Å². The first-order valence-corrected chi connectivity index (χ1v) is 42.2. The summed E-state index contributed by atoms with van der Waals surface area (Å²) in [6.07, 6.45) is 23.0. The summed E-state index contributed by atoms with van der Waals surface area (Å²) in [4.78, 5) is 62.2. The van der Waals surface area contributed by atoms with Crippen molar-refractivity contribution >= 4 is 70.2 Å². The number of thioether (sulfide) groups is 4. The number of carbonyl (C=O) groups excluding carboxylic acids is 4. The molecule has 3 fully saturated rings. The second-order valence-electron chi connectivity index (χ2n) is 29.5. The lowest BCUT2D eigenvalue weighted by Gasteiger charge is -2.09. The zero-order chi connectivity index (χ0) is 77.9. The van der Waals surface area contributed by atoms with Crippen molar-refractivity contribution in [3.8, 4) is 45.6 Å². The molecule has 25 heteroatoms. The molecule has 0 bridgehead atoms. The highest BCUT2D eigenvalue weighted by Gasteiger charge is 2.33. The predicted octanol–water partition coefficient (Wildman–Crippen LogP) is 17.8. The van der Waals surface area contributed by atoms with Crippen LogP contribution in [0.1, 0.15) is 187 Å². The maximum Gasteiger partial charge on any atom is 0.192 e. The minimum Gasteiger partial charge on any atom is -0.302 e. The Bertz CT molecular complexity index is 4850. The Balaban J connectivity index is 0.000000138. The second-order valence-corrected chi connectivity index (χ2v) is 33.3. The highest BCUT2D eigenvalue weighted by molar-refractivity contribution is 8.00. The number of pyridine rings is 3. The fraction of sp³-hybridized carbons (Fsp3) is 0.372. The maximum absolute atomic E-state index is 12.5. The van der Waals surface area contributed by atoms with E-state index < -0.39 is 0 Å². The van der Waals surface area contributed by atoms with Crippen molar-refractivity contribution in [3.05, 3.63) is 228 Å². The van der Waals surface area contributed by atoms with Crippen LogP contribution in [0.2, 0.25) is 0 Å². The first-order chi connectivity index (χ1) is 53.8. The molecule has 0 N–H and O–H groups in total. The van der Waals surface area contributed by atoms with E-state index >= 15 is 0 Å². The number of Topliss-reactive ketones (excluding diaryl/α,β-unsaturated/α-hetero) is 4. The van der Waals surface area contributed by atoms with E-state index in [9.17, 15) is 19.2 Å². The molecule has 3 saturated carbocycles. The monoisotopic (exact) mass is 1560 g/mol. The maximum atomic E-state index is 12.5. The van der Waals surface area contributed by atoms with Gasteiger partial charge in [-0.05, 0) is 150 Å². The van der Waals surface area contributed by atoms with Crippen molar-refractivity contribution in [3.63, 3.8) is 0 Å². The average molecular weight is 1560 g/mol. The molecule has 12 aromatic rings. The molecule has 3 aliphatic carbocycles. The minimum absolute atomic E-state index is 0.188. The van der Waals surface area contributed by atoms with E-state index in [0.717, 1.165) is 134 Å². The van der Waals surface area contributed by atoms with Gasteiger partial charge in [-0.2, -0.15) is 5.10 Å². The summed E-state index contributed by atoms with van der Waals surface area (Å²) in [6, 6.07) is 46.3. The Morgan fingerprint density at radius 2 is 0.676 bits per heavy atom. The Morgan fingerprint density at radius 3 is 0.982 bits per heavy atom. The highest BCUT2D eigenvalue weighted by Crippen LogP contribution is 2.44. The van der Waals surface area contributed by atoms with Crippen LogP contribution in [0, 0.1) is 0 Å². The normalized spacial score (nSPS) is 13.2. The van der Waals surface area contributed by atoms with Crippen LogP contribution in [0.5, 0.6) is 0 Å². The lowest BCUT2D eigenvalue weighted by molar-refractivity contribution is -0.116. The molecule has 21 nitrogen and oxygen atoms in total. The Hall–Kier alpha value is -9.82. The summed E-state index contributed by atoms with van der Waals surface area (Å²) in [5.41, 5.74) is 13.3. The topological polar surface area (TPSA) is 248 Å². The predicted molar refractivity (Wildman–Crippen MR) is 442 cm³/mol. The summed E-state index contributed by atoms with van der Waals surface area (Å²) >= 11 is 5.91. The van der Waals surface area contributed by atoms with Gasteiger partial charge in [-0.1, -0.05) is 199 Å². The molecule has 15 rings (SSSR count). The van der Waals surface area contributed by atoms with Gasteiger partial charge in [-0.3, -0.25) is 52.5 Å². The summed E-state index contributed by atoms with van der Waals surface area (Å²) in [5, 5.41) is 42.3. The minimum atomic E-state index is 0.188. The van der Waals surface area contributed by atoms with Gasteiger partial charge in [0.05, 0.1) is 34.8 Å². The number of aromatic nitrogens is 17. The summed E-state index contributed by atoms with van der Waals surface area (Å²) < 4.78 is 10.3. The van der Waals surface area contributed by atoms with Gasteiger partial charge in [0, 0.05) is 117 Å². The van der Waals surface area contributed by atoms with Crippen molar-refractivity contribution in [1.82, 2.24) is 83.8 Å². The summed E-state index contributed by atoms with van der Waals surface area (Å²) in [7, 11) is 1.89. The fourth-order valence-corrected chi connectivity index (χ4v) is 15.9. The third kappa shape index (κ3) is 22.7. The summed E-state index contributed by atoms with van der Waals surface area (Å²) in [5.74, 6) is 7.78. The number of aryl methyl sites for hydroxylation is 1. The molecule has 8 aromatic heterocycles. The number of nitrogens with zero attached hydrogens (tertiary/aromatic N) is 17. The molecule has 0 amide bonds. The van der Waals surface area contributed by atoms with Gasteiger partial charge in [-0.25, -0.2) is 0 Å². The molecule has 0 atom stereocenters. The van der Waals surface area contributed by atoms with E-state index in [1.165, 1.54) is 69.3 Å². The quantitative estimate of drug-likeness (QED) is 0.0355. The molecule has 0 unspecified atom stereocenters. The molecule has 0 saturated heterocycles. The lowest BCUT2D eigenvalue weighted by atomic mass is 10.0. The van der Waals surface area contributed by atoms with Crippen LogP contribution in [0.25, 0.3) is 45.6 Å². The standard InChI is InChI=1S/2C22H24N4OS.C21H25N5OS.C21H24N4OS/c1-15(2)17-5-3-16(4-6-17)13-20(27)14-28-22-25-24-21(26(22)19-7-8-19)18-9-11-23-12-10-18;1-15(2)17-7-5-16(6-8-17)12-20(27)14-28-22-25-24-21(26(22)19-9-10-19)18-4-3-11-23-13-18;1-14(2)16-6-4-15(5-7-16)10-19(27)13-28-21-24-23-20(26(21)18-8-9-18)17-11-22-25(3)12-17;1-4-25-20(18-9-11-22-12-10-18)23-24-21(25)27-14-19(26)13-16-5-7-17(8-6-16)15(2)3/h3-6,9-12,15,19H,7-8,13-14H2,1-2H3;3-8,11,13,15,19H,9-10,12,14H2,1-2H3;4-7,11-12,14,18H,8-10,13H2,1-3H3;5-12,15H,4,13-14H2,1-3H3. The van der Waals surface area contributed by atoms with E-state index in [-0.39, 0.29) is 23.1 Å². The van der Waals surface area contributed by atoms with Gasteiger partial charge in [0.25, 0.3) is 0 Å². The van der Waals surface area contributed by atoms with E-state index in [2.05, 4.69) is 222 Å². The third-order valence-corrected chi connectivity index (χ3v) is 23.2. The number of hydrogen-bond acceptors (Lipinski definition) is 20. The van der Waals surface area contributed by atoms with E-state index in [1.54, 1.807) is 35.7 Å². The fourth-order valence-electron chi connectivity index (χ4n) is 12.4. The van der Waals surface area contributed by atoms with E-state index in [4.69, 9.17) is 0 Å². The van der Waals surface area contributed by atoms with Crippen molar-refractivity contribution in [2.24, 2.45) is 7.05 Å². The van der Waals surface area contributed by atoms with E-state index in [1.807, 2.05) is 78.7 Å². The zero-order valence-electron chi connectivity index (χ0n) is 64.8. The molecule has 0 aliphatic heterocycles. The molecule has 0 spiro atoms. The largest absolute Gasteiger partial charge is 0.302 e. The number of ketones is 4. The van der Waals surface area contributed by atoms with Gasteiger partial charge in [0.1, 0.15) is 23.1 Å². The Kier molecular flexibility index (Phi) is 28.3. The van der Waals surface area contributed by atoms with Gasteiger partial charge < -0.3 is 4.57 Å². The number of carbonyl (C=O) groups is 4. The highest BCUT2D eigenvalue weighted by atomic mass is 32.2. The van der Waals surface area contributed by atoms with E-state index in [0.29, 0.717) is 90.5 Å². The van der Waals surface area contributed by atoms with Gasteiger partial charge in [0.2, 0.25) is 0 Å². The van der Waals surface area contributed by atoms with Gasteiger partial charge in [-0.15, -0.1) is 40.8 Å². The molecule has 574 valence electrons. The van der Waals surface area contributed by atoms with Gasteiger partial charge >= 0.3 is 0 Å². The zero-order valence-corrected chi connectivity index (χ0v) is 68.1. The molecule has 0 radical (unpaired) electrons. The van der Waals surface area contributed by atoms with Crippen molar-refractivity contribution in [2.45, 2.75) is 195 Å². The van der Waals surface area contributed by atoms with Crippen LogP contribution in [0.4, 0.5) is 0 Å². The van der Waals surface area contributed by atoms with Crippen molar-refractivity contribution < 1.29 is 19.2 Å². The van der Waals surface area contributed by atoms with Crippen LogP contribution in [-0.4, -0.2) is 130 Å². The van der Waals surface area contributed by atoms with Gasteiger partial charge in [0.15, 0.2) is 43.9 Å². The van der Waals surface area contributed by atoms with Crippen LogP contribution >= 0.6 is 47.0 Å². The molecular formula is C86H97N17O4S4. The molecule has 111 heavy (non-hydrogen) atoms. The van der Waals surface area contributed by atoms with Crippen LogP contribution in [0.3, 0.4) is 0 Å². The lowest BCUT2D eigenvalue weighted by Crippen LogP contribution is -2.07. The molecular weight excluding hydrogens is 1460 g/mol. The van der Waals surface area contributed by atoms with Crippen LogP contribution < -0.4 is 0 Å². The first kappa shape index (κ1) is 80.7. The average Bonchev–Trinajstić information content (AvgIpc) is 1.65. The summed E-state index contributed by atoms with van der Waals surface area (Å²) in [6.45, 7) is 20.2. The smallest absolute Gasteiger partial charge is 0.192 e.